The van der Waals surface area contributed by atoms with Gasteiger partial charge in [0.2, 0.25) is 0 Å². The van der Waals surface area contributed by atoms with Gasteiger partial charge in [-0.15, -0.1) is 0 Å². The summed E-state index contributed by atoms with van der Waals surface area (Å²) in [6.45, 7) is 2.11. The van der Waals surface area contributed by atoms with Crippen LogP contribution >= 0.6 is 0 Å². The first-order valence-corrected chi connectivity index (χ1v) is 7.66. The molecule has 0 heterocycles. The Balaban J connectivity index is 2.10. The molecule has 108 valence electrons. The van der Waals surface area contributed by atoms with Gasteiger partial charge in [-0.1, -0.05) is 24.3 Å². The van der Waals surface area contributed by atoms with Gasteiger partial charge in [-0.2, -0.15) is 5.26 Å². The molecule has 20 heavy (non-hydrogen) atoms. The molecule has 3 heteroatoms. The molecule has 0 saturated carbocycles. The Kier molecular flexibility index (Phi) is 6.04. The van der Waals surface area contributed by atoms with Gasteiger partial charge in [-0.3, -0.25) is 4.90 Å². The van der Waals surface area contributed by atoms with Gasteiger partial charge in [0.25, 0.3) is 0 Å². The number of hydrogen-bond donors (Lipinski definition) is 1. The van der Waals surface area contributed by atoms with Crippen LogP contribution in [0.4, 0.5) is 0 Å². The van der Waals surface area contributed by atoms with Gasteiger partial charge in [0.15, 0.2) is 0 Å². The van der Waals surface area contributed by atoms with Crippen molar-refractivity contribution in [2.45, 2.75) is 44.6 Å². The second-order valence-corrected chi connectivity index (χ2v) is 5.48. The van der Waals surface area contributed by atoms with E-state index in [0.717, 1.165) is 25.9 Å². The highest BCUT2D eigenvalue weighted by molar-refractivity contribution is 5.32. The lowest BCUT2D eigenvalue weighted by molar-refractivity contribution is 0.158. The van der Waals surface area contributed by atoms with E-state index in [4.69, 9.17) is 10.4 Å². The maximum absolute atomic E-state index is 9.10. The second-order valence-electron chi connectivity index (χ2n) is 5.48. The van der Waals surface area contributed by atoms with Crippen LogP contribution in [0.3, 0.4) is 0 Å². The largest absolute Gasteiger partial charge is 0.396 e. The quantitative estimate of drug-likeness (QED) is 0.776. The lowest BCUT2D eigenvalue weighted by atomic mass is 9.86. The predicted octanol–water partition coefficient (Wildman–Crippen LogP) is 3.05. The molecule has 0 fully saturated rings. The van der Waals surface area contributed by atoms with E-state index in [1.807, 2.05) is 0 Å². The number of fused-ring (bicyclic) bond motifs is 1. The van der Waals surface area contributed by atoms with Gasteiger partial charge in [0.05, 0.1) is 6.07 Å². The van der Waals surface area contributed by atoms with E-state index < -0.39 is 0 Å². The molecule has 0 spiro atoms. The summed E-state index contributed by atoms with van der Waals surface area (Å²) in [5.41, 5.74) is 2.92. The Hall–Kier alpha value is -1.37. The van der Waals surface area contributed by atoms with Crippen molar-refractivity contribution >= 4 is 0 Å². The van der Waals surface area contributed by atoms with Crippen molar-refractivity contribution in [3.05, 3.63) is 35.4 Å². The molecule has 1 unspecified atom stereocenters. The second kappa shape index (κ2) is 8.04. The van der Waals surface area contributed by atoms with Crippen LogP contribution in [-0.2, 0) is 6.42 Å². The Bertz CT molecular complexity index is 453. The molecule has 0 aromatic heterocycles. The van der Waals surface area contributed by atoms with Gasteiger partial charge in [0, 0.05) is 25.6 Å². The average Bonchev–Trinajstić information content (AvgIpc) is 2.50. The molecule has 0 radical (unpaired) electrons. The smallest absolute Gasteiger partial charge is 0.0622 e. The minimum atomic E-state index is 0.239. The van der Waals surface area contributed by atoms with Gasteiger partial charge < -0.3 is 5.11 Å². The average molecular weight is 272 g/mol. The molecule has 1 aromatic rings. The summed E-state index contributed by atoms with van der Waals surface area (Å²) in [4.78, 5) is 2.46. The highest BCUT2D eigenvalue weighted by Gasteiger charge is 2.24. The fourth-order valence-electron chi connectivity index (χ4n) is 3.17. The van der Waals surface area contributed by atoms with E-state index in [9.17, 15) is 0 Å². The van der Waals surface area contributed by atoms with Crippen molar-refractivity contribution in [3.63, 3.8) is 0 Å². The lowest BCUT2D eigenvalue weighted by Crippen LogP contribution is -2.33. The zero-order valence-electron chi connectivity index (χ0n) is 12.1. The summed E-state index contributed by atoms with van der Waals surface area (Å²) in [5, 5.41) is 17.8. The summed E-state index contributed by atoms with van der Waals surface area (Å²) in [6.07, 6.45) is 5.94. The third-order valence-corrected chi connectivity index (χ3v) is 4.12. The summed E-state index contributed by atoms with van der Waals surface area (Å²) in [7, 11) is 0. The van der Waals surface area contributed by atoms with Crippen molar-refractivity contribution in [1.29, 1.82) is 5.26 Å². The van der Waals surface area contributed by atoms with Crippen molar-refractivity contribution < 1.29 is 5.11 Å². The minimum absolute atomic E-state index is 0.239. The first-order valence-electron chi connectivity index (χ1n) is 7.66. The molecule has 2 rings (SSSR count). The molecule has 1 N–H and O–H groups in total. The maximum Gasteiger partial charge on any atom is 0.0622 e. The zero-order valence-corrected chi connectivity index (χ0v) is 12.1. The fourth-order valence-corrected chi connectivity index (χ4v) is 3.17. The molecule has 0 bridgehead atoms. The van der Waals surface area contributed by atoms with Crippen LogP contribution < -0.4 is 0 Å². The third kappa shape index (κ3) is 3.82. The SMILES string of the molecule is N#CCCCN(CCCO)C1CCCc2ccccc21. The fraction of sp³-hybridized carbons (Fsp3) is 0.588. The number of rotatable bonds is 7. The van der Waals surface area contributed by atoms with E-state index >= 15 is 0 Å². The van der Waals surface area contributed by atoms with E-state index in [1.54, 1.807) is 0 Å². The van der Waals surface area contributed by atoms with Crippen LogP contribution in [0.5, 0.6) is 0 Å². The number of nitrogens with zero attached hydrogens (tertiary/aromatic N) is 2. The van der Waals surface area contributed by atoms with Crippen LogP contribution in [0.2, 0.25) is 0 Å². The van der Waals surface area contributed by atoms with Crippen LogP contribution in [0.25, 0.3) is 0 Å². The molecular formula is C17H24N2O. The highest BCUT2D eigenvalue weighted by Crippen LogP contribution is 2.34. The third-order valence-electron chi connectivity index (χ3n) is 4.12. The molecule has 1 aromatic carbocycles. The Morgan fingerprint density at radius 1 is 1.25 bits per heavy atom. The summed E-state index contributed by atoms with van der Waals surface area (Å²) >= 11 is 0. The number of aliphatic hydroxyl groups is 1. The monoisotopic (exact) mass is 272 g/mol. The van der Waals surface area contributed by atoms with Crippen molar-refractivity contribution in [1.82, 2.24) is 4.90 Å². The van der Waals surface area contributed by atoms with Crippen LogP contribution in [0.1, 0.15) is 49.3 Å². The first-order chi connectivity index (χ1) is 9.86. The molecule has 0 amide bonds. The molecule has 1 atom stereocenters. The normalized spacial score (nSPS) is 17.8. The number of nitriles is 1. The standard InChI is InChI=1S/C17H24N2O/c18-11-3-4-12-19(13-6-14-20)17-10-5-8-15-7-1-2-9-16(15)17/h1-2,7,9,17,20H,3-6,8,10,12-14H2. The topological polar surface area (TPSA) is 47.3 Å². The van der Waals surface area contributed by atoms with Crippen molar-refractivity contribution in [2.75, 3.05) is 19.7 Å². The summed E-state index contributed by atoms with van der Waals surface area (Å²) in [5.74, 6) is 0. The van der Waals surface area contributed by atoms with Gasteiger partial charge in [-0.05, 0) is 49.8 Å². The first kappa shape index (κ1) is 15.0. The number of unbranched alkanes of at least 4 members (excludes halogenated alkanes) is 1. The van der Waals surface area contributed by atoms with E-state index in [-0.39, 0.29) is 6.61 Å². The predicted molar refractivity (Wildman–Crippen MR) is 80.2 cm³/mol. The zero-order chi connectivity index (χ0) is 14.2. The van der Waals surface area contributed by atoms with Gasteiger partial charge >= 0.3 is 0 Å². The van der Waals surface area contributed by atoms with E-state index in [1.165, 1.54) is 30.4 Å². The van der Waals surface area contributed by atoms with Crippen LogP contribution in [0, 0.1) is 11.3 Å². The highest BCUT2D eigenvalue weighted by atomic mass is 16.3. The Morgan fingerprint density at radius 2 is 2.05 bits per heavy atom. The van der Waals surface area contributed by atoms with Gasteiger partial charge in [0.1, 0.15) is 0 Å². The molecule has 1 aliphatic carbocycles. The van der Waals surface area contributed by atoms with Crippen LogP contribution in [0.15, 0.2) is 24.3 Å². The van der Waals surface area contributed by atoms with Crippen molar-refractivity contribution in [2.24, 2.45) is 0 Å². The number of aliphatic hydroxyl groups excluding tert-OH is 1. The van der Waals surface area contributed by atoms with E-state index in [2.05, 4.69) is 35.2 Å². The summed E-state index contributed by atoms with van der Waals surface area (Å²) < 4.78 is 0. The number of aryl methyl sites for hydroxylation is 1. The van der Waals surface area contributed by atoms with Gasteiger partial charge in [-0.25, -0.2) is 0 Å². The molecular weight excluding hydrogens is 248 g/mol. The Labute approximate surface area is 121 Å². The number of benzene rings is 1. The molecule has 1 aliphatic rings. The molecule has 0 aliphatic heterocycles. The minimum Gasteiger partial charge on any atom is -0.396 e. The van der Waals surface area contributed by atoms with Crippen LogP contribution in [-0.4, -0.2) is 29.7 Å². The Morgan fingerprint density at radius 3 is 2.85 bits per heavy atom. The lowest BCUT2D eigenvalue weighted by Gasteiger charge is -2.36. The summed E-state index contributed by atoms with van der Waals surface area (Å²) in [6, 6.07) is 11.4. The maximum atomic E-state index is 9.10. The molecule has 0 saturated heterocycles. The number of hydrogen-bond acceptors (Lipinski definition) is 3. The molecule has 3 nitrogen and oxygen atoms in total. The van der Waals surface area contributed by atoms with Crippen molar-refractivity contribution in [3.8, 4) is 6.07 Å². The van der Waals surface area contributed by atoms with E-state index in [0.29, 0.717) is 12.5 Å².